The lowest BCUT2D eigenvalue weighted by Crippen LogP contribution is -2.30. The number of rotatable bonds is 0. The van der Waals surface area contributed by atoms with Crippen molar-refractivity contribution in [3.8, 4) is 0 Å². The molecule has 0 amide bonds. The average molecular weight is 209 g/mol. The zero-order valence-corrected chi connectivity index (χ0v) is 9.03. The van der Waals surface area contributed by atoms with Gasteiger partial charge in [-0.1, -0.05) is 36.9 Å². The minimum atomic E-state index is 0.0225. The van der Waals surface area contributed by atoms with Gasteiger partial charge in [0.25, 0.3) is 5.56 Å². The van der Waals surface area contributed by atoms with Crippen molar-refractivity contribution in [2.45, 2.75) is 0 Å². The fourth-order valence-electron chi connectivity index (χ4n) is 2.24. The van der Waals surface area contributed by atoms with Crippen molar-refractivity contribution >= 4 is 28.1 Å². The Bertz CT molecular complexity index is 736. The van der Waals surface area contributed by atoms with Crippen LogP contribution in [0.15, 0.2) is 41.2 Å². The van der Waals surface area contributed by atoms with E-state index in [1.807, 2.05) is 36.4 Å². The number of hydrogen-bond donors (Lipinski definition) is 0. The minimum Gasteiger partial charge on any atom is -0.311 e. The predicted molar refractivity (Wildman–Crippen MR) is 67.4 cm³/mol. The molecule has 0 atom stereocenters. The summed E-state index contributed by atoms with van der Waals surface area (Å²) in [5.41, 5.74) is 0.0225. The molecule has 0 fully saturated rings. The lowest BCUT2D eigenvalue weighted by molar-refractivity contribution is 0.849. The fraction of sp³-hybridized carbons (Fsp3) is 0.0714. The van der Waals surface area contributed by atoms with Gasteiger partial charge in [-0.3, -0.25) is 4.79 Å². The maximum absolute atomic E-state index is 12.1. The molecule has 0 saturated heterocycles. The van der Waals surface area contributed by atoms with E-state index in [9.17, 15) is 4.79 Å². The third-order valence-electron chi connectivity index (χ3n) is 3.16. The Balaban J connectivity index is 2.86. The van der Waals surface area contributed by atoms with Gasteiger partial charge in [-0.15, -0.1) is 0 Å². The molecule has 2 aromatic carbocycles. The summed E-state index contributed by atoms with van der Waals surface area (Å²) in [6.07, 6.45) is 0. The van der Waals surface area contributed by atoms with Gasteiger partial charge in [-0.2, -0.15) is 0 Å². The molecule has 0 radical (unpaired) electrons. The van der Waals surface area contributed by atoms with E-state index in [-0.39, 0.29) is 5.56 Å². The zero-order valence-electron chi connectivity index (χ0n) is 9.03. The first kappa shape index (κ1) is 9.16. The van der Waals surface area contributed by atoms with Gasteiger partial charge in [0, 0.05) is 28.6 Å². The fourth-order valence-corrected chi connectivity index (χ4v) is 2.24. The summed E-state index contributed by atoms with van der Waals surface area (Å²) >= 11 is 0. The second-order valence-electron chi connectivity index (χ2n) is 4.02. The highest BCUT2D eigenvalue weighted by atomic mass is 16.1. The van der Waals surface area contributed by atoms with Gasteiger partial charge in [0.2, 0.25) is 0 Å². The molecule has 0 aliphatic heterocycles. The molecule has 2 heteroatoms. The van der Waals surface area contributed by atoms with Gasteiger partial charge in [-0.25, -0.2) is 0 Å². The first-order valence-corrected chi connectivity index (χ1v) is 5.19. The number of pyridine rings is 1. The Morgan fingerprint density at radius 3 is 2.38 bits per heavy atom. The van der Waals surface area contributed by atoms with Crippen LogP contribution in [0, 0.1) is 0 Å². The van der Waals surface area contributed by atoms with Crippen LogP contribution in [0.3, 0.4) is 0 Å². The van der Waals surface area contributed by atoms with E-state index in [1.165, 1.54) is 0 Å². The Hall–Kier alpha value is -2.09. The molecule has 1 aromatic heterocycles. The maximum Gasteiger partial charge on any atom is 0.258 e. The molecule has 0 aliphatic rings. The van der Waals surface area contributed by atoms with E-state index >= 15 is 0 Å². The summed E-state index contributed by atoms with van der Waals surface area (Å²) < 4.78 is 1.61. The summed E-state index contributed by atoms with van der Waals surface area (Å²) in [6.45, 7) is 3.97. The van der Waals surface area contributed by atoms with E-state index in [2.05, 4.69) is 6.58 Å². The lowest BCUT2D eigenvalue weighted by Gasteiger charge is -2.08. The van der Waals surface area contributed by atoms with Gasteiger partial charge >= 0.3 is 0 Å². The second-order valence-corrected chi connectivity index (χ2v) is 4.02. The maximum atomic E-state index is 12.1. The number of hydrogen-bond acceptors (Lipinski definition) is 1. The second kappa shape index (κ2) is 2.95. The monoisotopic (exact) mass is 209 g/mol. The standard InChI is InChI=1S/C14H11NO/c1-9-11-7-3-5-10-6-4-8-12(13(10)11)14(16)15(9)2/h3-8H,1H2,2H3. The smallest absolute Gasteiger partial charge is 0.258 e. The Kier molecular flexibility index (Phi) is 1.69. The number of benzene rings is 2. The Morgan fingerprint density at radius 1 is 1.06 bits per heavy atom. The SMILES string of the molecule is C=c1c2cccc3cccc(c(=O)n1C)c32. The summed E-state index contributed by atoms with van der Waals surface area (Å²) in [5, 5.41) is 4.71. The zero-order chi connectivity index (χ0) is 11.3. The molecule has 0 aliphatic carbocycles. The van der Waals surface area contributed by atoms with Crippen LogP contribution in [0.2, 0.25) is 0 Å². The summed E-state index contributed by atoms with van der Waals surface area (Å²) in [5.74, 6) is 0. The van der Waals surface area contributed by atoms with E-state index in [0.717, 1.165) is 26.9 Å². The van der Waals surface area contributed by atoms with Gasteiger partial charge in [-0.05, 0) is 11.5 Å². The predicted octanol–water partition coefficient (Wildman–Crippen LogP) is 1.82. The topological polar surface area (TPSA) is 22.0 Å². The van der Waals surface area contributed by atoms with E-state index in [4.69, 9.17) is 0 Å². The quantitative estimate of drug-likeness (QED) is 0.553. The molecule has 1 heterocycles. The van der Waals surface area contributed by atoms with Crippen LogP contribution in [0.4, 0.5) is 0 Å². The highest BCUT2D eigenvalue weighted by Gasteiger charge is 2.07. The molecule has 3 rings (SSSR count). The van der Waals surface area contributed by atoms with Gasteiger partial charge in [0.1, 0.15) is 0 Å². The highest BCUT2D eigenvalue weighted by Crippen LogP contribution is 2.21. The first-order valence-electron chi connectivity index (χ1n) is 5.19. The van der Waals surface area contributed by atoms with Gasteiger partial charge in [0.05, 0.1) is 0 Å². The van der Waals surface area contributed by atoms with Crippen molar-refractivity contribution in [2.24, 2.45) is 7.05 Å². The van der Waals surface area contributed by atoms with Gasteiger partial charge in [0.15, 0.2) is 0 Å². The van der Waals surface area contributed by atoms with E-state index in [0.29, 0.717) is 0 Å². The van der Waals surface area contributed by atoms with Crippen LogP contribution in [0.1, 0.15) is 0 Å². The molecular weight excluding hydrogens is 198 g/mol. The van der Waals surface area contributed by atoms with Crippen molar-refractivity contribution in [1.82, 2.24) is 4.57 Å². The van der Waals surface area contributed by atoms with Crippen LogP contribution in [0.5, 0.6) is 0 Å². The number of nitrogens with zero attached hydrogens (tertiary/aromatic N) is 1. The van der Waals surface area contributed by atoms with Crippen LogP contribution >= 0.6 is 0 Å². The molecule has 0 unspecified atom stereocenters. The van der Waals surface area contributed by atoms with Crippen LogP contribution < -0.4 is 10.9 Å². The Morgan fingerprint density at radius 2 is 1.69 bits per heavy atom. The van der Waals surface area contributed by atoms with E-state index in [1.54, 1.807) is 11.6 Å². The third-order valence-corrected chi connectivity index (χ3v) is 3.16. The summed E-state index contributed by atoms with van der Waals surface area (Å²) in [7, 11) is 1.76. The molecule has 78 valence electrons. The van der Waals surface area contributed by atoms with Crippen LogP contribution in [-0.2, 0) is 7.05 Å². The third kappa shape index (κ3) is 0.986. The van der Waals surface area contributed by atoms with Crippen molar-refractivity contribution in [3.05, 3.63) is 52.1 Å². The molecule has 0 bridgehead atoms. The van der Waals surface area contributed by atoms with Crippen LogP contribution in [0.25, 0.3) is 28.1 Å². The normalized spacial score (nSPS) is 11.3. The average Bonchev–Trinajstić information content (AvgIpc) is 2.33. The van der Waals surface area contributed by atoms with Crippen molar-refractivity contribution < 1.29 is 0 Å². The molecule has 2 nitrogen and oxygen atoms in total. The van der Waals surface area contributed by atoms with Crippen molar-refractivity contribution in [2.75, 3.05) is 0 Å². The largest absolute Gasteiger partial charge is 0.311 e. The van der Waals surface area contributed by atoms with E-state index < -0.39 is 0 Å². The Labute approximate surface area is 92.4 Å². The van der Waals surface area contributed by atoms with Crippen LogP contribution in [-0.4, -0.2) is 4.57 Å². The first-order chi connectivity index (χ1) is 7.70. The molecule has 0 N–H and O–H groups in total. The summed E-state index contributed by atoms with van der Waals surface area (Å²) in [6, 6.07) is 11.8. The molecular formula is C14H11NO. The molecule has 0 saturated carbocycles. The molecule has 0 spiro atoms. The molecule has 16 heavy (non-hydrogen) atoms. The number of aromatic nitrogens is 1. The summed E-state index contributed by atoms with van der Waals surface area (Å²) in [4.78, 5) is 12.1. The van der Waals surface area contributed by atoms with Crippen molar-refractivity contribution in [1.29, 1.82) is 0 Å². The van der Waals surface area contributed by atoms with Gasteiger partial charge < -0.3 is 4.57 Å². The minimum absolute atomic E-state index is 0.0225. The molecule has 3 aromatic rings. The lowest BCUT2D eigenvalue weighted by atomic mass is 10.0. The highest BCUT2D eigenvalue weighted by molar-refractivity contribution is 6.09. The van der Waals surface area contributed by atoms with Crippen molar-refractivity contribution in [3.63, 3.8) is 0 Å².